The highest BCUT2D eigenvalue weighted by atomic mass is 31.3. The van der Waals surface area contributed by atoms with Crippen molar-refractivity contribution in [2.75, 3.05) is 19.0 Å². The number of carbonyl (C=O) groups excluding carboxylic acids is 1. The van der Waals surface area contributed by atoms with Gasteiger partial charge in [-0.2, -0.15) is 13.6 Å². The van der Waals surface area contributed by atoms with E-state index in [4.69, 9.17) is 9.63 Å². The van der Waals surface area contributed by atoms with Crippen molar-refractivity contribution >= 4 is 35.2 Å². The molecule has 1 aromatic heterocycles. The van der Waals surface area contributed by atoms with Crippen molar-refractivity contribution in [2.45, 2.75) is 31.8 Å². The summed E-state index contributed by atoms with van der Waals surface area (Å²) in [5, 5.41) is 12.4. The van der Waals surface area contributed by atoms with Crippen LogP contribution in [0.1, 0.15) is 19.6 Å². The van der Waals surface area contributed by atoms with Crippen LogP contribution in [-0.2, 0) is 40.9 Å². The van der Waals surface area contributed by atoms with Gasteiger partial charge in [0, 0.05) is 26.7 Å². The monoisotopic (exact) mass is 523 g/mol. The molecule has 32 heavy (non-hydrogen) atoms. The highest BCUT2D eigenvalue weighted by Gasteiger charge is 2.43. The Morgan fingerprint density at radius 3 is 2.44 bits per heavy atom. The number of carbonyl (C=O) groups is 1. The van der Waals surface area contributed by atoms with Gasteiger partial charge in [0.05, 0.1) is 12.7 Å². The number of ether oxygens (including phenoxy) is 1. The molecule has 1 aliphatic heterocycles. The Labute approximate surface area is 179 Å². The number of nitrogens with one attached hydrogen (secondary N) is 1. The van der Waals surface area contributed by atoms with Gasteiger partial charge in [0.25, 0.3) is 0 Å². The first-order chi connectivity index (χ1) is 14.6. The summed E-state index contributed by atoms with van der Waals surface area (Å²) in [6.07, 6.45) is -2.56. The third kappa shape index (κ3) is 7.92. The van der Waals surface area contributed by atoms with Crippen LogP contribution in [0.3, 0.4) is 0 Å². The number of nitrogens with zero attached hydrogens (tertiary/aromatic N) is 2. The first kappa shape index (κ1) is 26.9. The van der Waals surface area contributed by atoms with Crippen LogP contribution in [0.2, 0.25) is 0 Å². The molecule has 5 N–H and O–H groups in total. The molecule has 0 aromatic carbocycles. The first-order valence-electron chi connectivity index (χ1n) is 8.45. The molecule has 2 heterocycles. The molecule has 1 amide bonds. The third-order valence-electron chi connectivity index (χ3n) is 3.69. The SMILES string of the molecule is COP(=O)(O)OP(=O)(O)OP(=O)(O)OC[C@H]1O[C@@H](n2ccc(NC(C)=O)nc2=O)C[C@H]1O. The molecular weight excluding hydrogens is 503 g/mol. The van der Waals surface area contributed by atoms with E-state index in [1.165, 1.54) is 19.2 Å². The van der Waals surface area contributed by atoms with E-state index >= 15 is 0 Å². The molecule has 2 rings (SSSR count). The fraction of sp³-hybridized carbons (Fsp3) is 0.583. The van der Waals surface area contributed by atoms with Crippen LogP contribution >= 0.6 is 23.5 Å². The Morgan fingerprint density at radius 2 is 1.88 bits per heavy atom. The Morgan fingerprint density at radius 1 is 1.25 bits per heavy atom. The number of hydrogen-bond donors (Lipinski definition) is 5. The van der Waals surface area contributed by atoms with Gasteiger partial charge < -0.3 is 29.8 Å². The lowest BCUT2D eigenvalue weighted by Crippen LogP contribution is -2.28. The van der Waals surface area contributed by atoms with Crippen LogP contribution in [0.4, 0.5) is 5.82 Å². The van der Waals surface area contributed by atoms with Crippen LogP contribution in [0.15, 0.2) is 17.1 Å². The minimum atomic E-state index is -5.57. The molecular formula is C12H20N3O14P3. The van der Waals surface area contributed by atoms with Gasteiger partial charge in [0.15, 0.2) is 0 Å². The fourth-order valence-corrected chi connectivity index (χ4v) is 5.68. The summed E-state index contributed by atoms with van der Waals surface area (Å²) in [6.45, 7) is 0.373. The second-order valence-electron chi connectivity index (χ2n) is 6.16. The van der Waals surface area contributed by atoms with Gasteiger partial charge in [-0.25, -0.2) is 18.5 Å². The highest BCUT2D eigenvalue weighted by Crippen LogP contribution is 2.67. The van der Waals surface area contributed by atoms with E-state index in [-0.39, 0.29) is 12.2 Å². The van der Waals surface area contributed by atoms with E-state index in [9.17, 15) is 38.2 Å². The average molecular weight is 523 g/mol. The minimum absolute atomic E-state index is 0.00732. The number of hydrogen-bond acceptors (Lipinski definition) is 12. The molecule has 0 spiro atoms. The maximum Gasteiger partial charge on any atom is 0.490 e. The Bertz CT molecular complexity index is 1050. The minimum Gasteiger partial charge on any atom is -0.390 e. The lowest BCUT2D eigenvalue weighted by atomic mass is 10.2. The van der Waals surface area contributed by atoms with E-state index in [1.54, 1.807) is 0 Å². The smallest absolute Gasteiger partial charge is 0.390 e. The Kier molecular flexibility index (Phi) is 8.67. The standard InChI is InChI=1S/C12H20N3O14P3/c1-7(16)13-10-3-4-15(12(18)14-10)11-5-8(17)9(27-11)6-26-31(21,22)29-32(23,24)28-30(19,20)25-2/h3-4,8-9,11,17H,5-6H2,1-2H3,(H,19,20)(H,21,22)(H,23,24)(H,13,14,16,18)/t8-,9-,11-/m1/s1. The Balaban J connectivity index is 1.99. The molecule has 0 radical (unpaired) electrons. The zero-order valence-corrected chi connectivity index (χ0v) is 19.1. The summed E-state index contributed by atoms with van der Waals surface area (Å²) in [5.41, 5.74) is -0.823. The van der Waals surface area contributed by atoms with Crippen LogP contribution in [0.25, 0.3) is 0 Å². The summed E-state index contributed by atoms with van der Waals surface area (Å²) < 4.78 is 56.9. The number of rotatable bonds is 10. The topological polar surface area (TPSA) is 242 Å². The quantitative estimate of drug-likeness (QED) is 0.250. The number of phosphoric ester groups is 2. The van der Waals surface area contributed by atoms with Gasteiger partial charge in [0.2, 0.25) is 5.91 Å². The Hall–Kier alpha value is -1.32. The fourth-order valence-electron chi connectivity index (χ4n) is 2.42. The van der Waals surface area contributed by atoms with Crippen LogP contribution in [0.5, 0.6) is 0 Å². The summed E-state index contributed by atoms with van der Waals surface area (Å²) in [5.74, 6) is -0.455. The molecule has 1 fully saturated rings. The van der Waals surface area contributed by atoms with Crippen molar-refractivity contribution in [3.63, 3.8) is 0 Å². The van der Waals surface area contributed by atoms with Crippen molar-refractivity contribution in [2.24, 2.45) is 0 Å². The molecule has 0 aliphatic carbocycles. The third-order valence-corrected chi connectivity index (χ3v) is 7.93. The first-order valence-corrected chi connectivity index (χ1v) is 12.9. The molecule has 1 aliphatic rings. The van der Waals surface area contributed by atoms with Gasteiger partial charge in [0.1, 0.15) is 18.1 Å². The largest absolute Gasteiger partial charge is 0.490 e. The maximum absolute atomic E-state index is 12.1. The number of amides is 1. The predicted octanol–water partition coefficient (Wildman–Crippen LogP) is -0.153. The van der Waals surface area contributed by atoms with Crippen molar-refractivity contribution in [1.82, 2.24) is 9.55 Å². The molecule has 3 unspecified atom stereocenters. The second kappa shape index (κ2) is 10.3. The predicted molar refractivity (Wildman–Crippen MR) is 102 cm³/mol. The maximum atomic E-state index is 12.1. The number of aliphatic hydroxyl groups is 1. The highest BCUT2D eigenvalue weighted by molar-refractivity contribution is 7.66. The number of anilines is 1. The van der Waals surface area contributed by atoms with E-state index in [2.05, 4.69) is 28.0 Å². The number of aliphatic hydroxyl groups excluding tert-OH is 1. The molecule has 182 valence electrons. The van der Waals surface area contributed by atoms with Crippen LogP contribution in [-0.4, -0.2) is 61.2 Å². The molecule has 6 atom stereocenters. The molecule has 1 aromatic rings. The summed E-state index contributed by atoms with van der Waals surface area (Å²) in [6, 6.07) is 1.30. The lowest BCUT2D eigenvalue weighted by molar-refractivity contribution is -0.114. The van der Waals surface area contributed by atoms with E-state index in [1.807, 2.05) is 0 Å². The lowest BCUT2D eigenvalue weighted by Gasteiger charge is -2.20. The normalized spacial score (nSPS) is 26.6. The second-order valence-corrected chi connectivity index (χ2v) is 10.9. The van der Waals surface area contributed by atoms with Crippen molar-refractivity contribution in [1.29, 1.82) is 0 Å². The summed E-state index contributed by atoms with van der Waals surface area (Å²) in [7, 11) is -15.3. The zero-order chi connectivity index (χ0) is 24.3. The van der Waals surface area contributed by atoms with Gasteiger partial charge in [-0.05, 0) is 6.07 Å². The molecule has 17 nitrogen and oxygen atoms in total. The van der Waals surface area contributed by atoms with Crippen LogP contribution in [0, 0.1) is 0 Å². The molecule has 0 saturated carbocycles. The zero-order valence-electron chi connectivity index (χ0n) is 16.4. The van der Waals surface area contributed by atoms with Crippen LogP contribution < -0.4 is 11.0 Å². The van der Waals surface area contributed by atoms with Gasteiger partial charge >= 0.3 is 29.2 Å². The van der Waals surface area contributed by atoms with Gasteiger partial charge in [-0.3, -0.25) is 18.4 Å². The number of phosphoric acid groups is 3. The molecule has 0 bridgehead atoms. The average Bonchev–Trinajstić information content (AvgIpc) is 2.98. The molecule has 1 saturated heterocycles. The number of aromatic nitrogens is 2. The molecule has 20 heteroatoms. The van der Waals surface area contributed by atoms with Crippen molar-refractivity contribution in [3.8, 4) is 0 Å². The van der Waals surface area contributed by atoms with E-state index in [0.717, 1.165) is 4.57 Å². The van der Waals surface area contributed by atoms with Crippen molar-refractivity contribution in [3.05, 3.63) is 22.7 Å². The van der Waals surface area contributed by atoms with Gasteiger partial charge in [-0.15, -0.1) is 0 Å². The summed E-state index contributed by atoms with van der Waals surface area (Å²) in [4.78, 5) is 54.6. The summed E-state index contributed by atoms with van der Waals surface area (Å²) >= 11 is 0. The van der Waals surface area contributed by atoms with Gasteiger partial charge in [-0.1, -0.05) is 0 Å². The van der Waals surface area contributed by atoms with Crippen molar-refractivity contribution < 1.29 is 60.7 Å². The van der Waals surface area contributed by atoms with E-state index < -0.39 is 60.1 Å². The van der Waals surface area contributed by atoms with E-state index in [0.29, 0.717) is 7.11 Å².